The monoisotopic (exact) mass is 403 g/mol. The maximum atomic E-state index is 12.3. The van der Waals surface area contributed by atoms with E-state index in [9.17, 15) is 8.42 Å². The molecule has 0 fully saturated rings. The average molecular weight is 405 g/mol. The maximum Gasteiger partial charge on any atom is 0.244 e. The van der Waals surface area contributed by atoms with Gasteiger partial charge in [-0.3, -0.25) is 0 Å². The highest BCUT2D eigenvalue weighted by molar-refractivity contribution is 9.10. The van der Waals surface area contributed by atoms with Gasteiger partial charge in [0.15, 0.2) is 5.84 Å². The Hall–Kier alpha value is -0.540. The number of rotatable bonds is 4. The Morgan fingerprint density at radius 2 is 1.85 bits per heavy atom. The van der Waals surface area contributed by atoms with Gasteiger partial charge in [-0.1, -0.05) is 44.3 Å². The Morgan fingerprint density at radius 3 is 2.25 bits per heavy atom. The molecule has 0 aromatic heterocycles. The van der Waals surface area contributed by atoms with Crippen molar-refractivity contribution in [3.8, 4) is 0 Å². The number of oxime groups is 1. The Labute approximate surface area is 135 Å². The first-order valence-corrected chi connectivity index (χ1v) is 8.21. The van der Waals surface area contributed by atoms with Crippen molar-refractivity contribution in [3.63, 3.8) is 0 Å². The molecule has 0 saturated heterocycles. The van der Waals surface area contributed by atoms with Gasteiger partial charge in [0.1, 0.15) is 4.90 Å². The smallest absolute Gasteiger partial charge is 0.244 e. The Morgan fingerprint density at radius 1 is 1.40 bits per heavy atom. The first-order valence-electron chi connectivity index (χ1n) is 5.18. The van der Waals surface area contributed by atoms with Crippen LogP contribution in [-0.2, 0) is 10.0 Å². The number of sulfonamides is 1. The normalized spacial score (nSPS) is 13.6. The number of nitrogens with zero attached hydrogens (tertiary/aromatic N) is 1. The van der Waals surface area contributed by atoms with Crippen LogP contribution in [0.15, 0.2) is 26.7 Å². The fraction of sp³-hybridized carbons (Fsp3) is 0.300. The van der Waals surface area contributed by atoms with Gasteiger partial charge >= 0.3 is 0 Å². The lowest BCUT2D eigenvalue weighted by molar-refractivity contribution is 0.312. The van der Waals surface area contributed by atoms with E-state index in [2.05, 4.69) is 25.8 Å². The summed E-state index contributed by atoms with van der Waals surface area (Å²) in [6, 6.07) is 2.80. The molecule has 1 aromatic carbocycles. The van der Waals surface area contributed by atoms with Crippen LogP contribution in [0.25, 0.3) is 0 Å². The summed E-state index contributed by atoms with van der Waals surface area (Å²) in [4.78, 5) is -0.275. The van der Waals surface area contributed by atoms with E-state index in [0.717, 1.165) is 0 Å². The number of hydrogen-bond acceptors (Lipinski definition) is 4. The molecule has 0 aliphatic rings. The lowest BCUT2D eigenvalue weighted by Gasteiger charge is -2.24. The number of nitrogens with one attached hydrogen (secondary N) is 1. The highest BCUT2D eigenvalue weighted by Crippen LogP contribution is 2.33. The third kappa shape index (κ3) is 3.76. The predicted octanol–water partition coefficient (Wildman–Crippen LogP) is 2.56. The molecule has 0 heterocycles. The SMILES string of the molecule is CC(C)(NS(=O)(=O)c1c(Cl)cc(Br)cc1Cl)/C(N)=N/O. The van der Waals surface area contributed by atoms with Crippen molar-refractivity contribution in [3.05, 3.63) is 26.7 Å². The van der Waals surface area contributed by atoms with Gasteiger partial charge in [0.2, 0.25) is 10.0 Å². The fourth-order valence-electron chi connectivity index (χ4n) is 1.35. The van der Waals surface area contributed by atoms with Crippen molar-refractivity contribution in [2.24, 2.45) is 10.9 Å². The zero-order chi connectivity index (χ0) is 15.7. The highest BCUT2D eigenvalue weighted by atomic mass is 79.9. The summed E-state index contributed by atoms with van der Waals surface area (Å²) in [7, 11) is -4.06. The zero-order valence-electron chi connectivity index (χ0n) is 10.5. The Balaban J connectivity index is 3.33. The molecule has 0 radical (unpaired) electrons. The van der Waals surface area contributed by atoms with Crippen LogP contribution in [0.3, 0.4) is 0 Å². The van der Waals surface area contributed by atoms with Crippen LogP contribution in [0.5, 0.6) is 0 Å². The van der Waals surface area contributed by atoms with Crippen LogP contribution in [0, 0.1) is 0 Å². The van der Waals surface area contributed by atoms with E-state index in [1.54, 1.807) is 0 Å². The number of benzene rings is 1. The van der Waals surface area contributed by atoms with Gasteiger partial charge in [-0.05, 0) is 26.0 Å². The van der Waals surface area contributed by atoms with Crippen molar-refractivity contribution in [2.75, 3.05) is 0 Å². The van der Waals surface area contributed by atoms with Crippen LogP contribution in [0.4, 0.5) is 0 Å². The average Bonchev–Trinajstić information content (AvgIpc) is 2.23. The standard InChI is InChI=1S/C10H12BrCl2N3O3S/c1-10(2,9(14)15-17)16-20(18,19)8-6(12)3-5(11)4-7(8)13/h3-4,16-17H,1-2H3,(H2,14,15). The molecule has 1 rings (SSSR count). The molecule has 0 aliphatic carbocycles. The van der Waals surface area contributed by atoms with Gasteiger partial charge in [-0.15, -0.1) is 0 Å². The van der Waals surface area contributed by atoms with E-state index in [1.807, 2.05) is 0 Å². The van der Waals surface area contributed by atoms with E-state index in [-0.39, 0.29) is 20.8 Å². The molecular formula is C10H12BrCl2N3O3S. The molecule has 0 atom stereocenters. The molecule has 0 saturated carbocycles. The van der Waals surface area contributed by atoms with Crippen molar-refractivity contribution >= 4 is 55.0 Å². The molecule has 6 nitrogen and oxygen atoms in total. The van der Waals surface area contributed by atoms with Gasteiger partial charge in [0.25, 0.3) is 0 Å². The second kappa shape index (κ2) is 6.07. The molecule has 4 N–H and O–H groups in total. The number of nitrogens with two attached hydrogens (primary N) is 1. The lowest BCUT2D eigenvalue weighted by Crippen LogP contribution is -2.53. The van der Waals surface area contributed by atoms with E-state index < -0.39 is 15.6 Å². The third-order valence-corrected chi connectivity index (χ3v) is 5.40. The number of halogens is 3. The van der Waals surface area contributed by atoms with E-state index >= 15 is 0 Å². The van der Waals surface area contributed by atoms with Crippen LogP contribution < -0.4 is 10.5 Å². The summed E-state index contributed by atoms with van der Waals surface area (Å²) < 4.78 is 27.5. The van der Waals surface area contributed by atoms with Crippen molar-refractivity contribution < 1.29 is 13.6 Å². The topological polar surface area (TPSA) is 105 Å². The Bertz CT molecular complexity index is 639. The quantitative estimate of drug-likeness (QED) is 0.310. The molecule has 1 aromatic rings. The molecule has 0 aliphatic heterocycles. The molecule has 0 spiro atoms. The van der Waals surface area contributed by atoms with Crippen molar-refractivity contribution in [1.29, 1.82) is 0 Å². The molecule has 0 unspecified atom stereocenters. The lowest BCUT2D eigenvalue weighted by atomic mass is 10.1. The van der Waals surface area contributed by atoms with Gasteiger partial charge in [-0.2, -0.15) is 4.72 Å². The summed E-state index contributed by atoms with van der Waals surface area (Å²) in [5.41, 5.74) is 4.12. The van der Waals surface area contributed by atoms with Gasteiger partial charge in [0, 0.05) is 4.47 Å². The summed E-state index contributed by atoms with van der Waals surface area (Å²) in [6.07, 6.45) is 0. The van der Waals surface area contributed by atoms with Crippen molar-refractivity contribution in [1.82, 2.24) is 4.72 Å². The summed E-state index contributed by atoms with van der Waals surface area (Å²) in [6.45, 7) is 2.86. The third-order valence-electron chi connectivity index (χ3n) is 2.37. The molecule has 112 valence electrons. The largest absolute Gasteiger partial charge is 0.409 e. The fourth-order valence-corrected chi connectivity index (χ4v) is 4.68. The number of hydrogen-bond donors (Lipinski definition) is 3. The summed E-state index contributed by atoms with van der Waals surface area (Å²) in [5, 5.41) is 11.3. The van der Waals surface area contributed by atoms with Crippen LogP contribution in [0.1, 0.15) is 13.8 Å². The molecule has 0 bridgehead atoms. The summed E-state index contributed by atoms with van der Waals surface area (Å²) >= 11 is 15.0. The Kier molecular flexibility index (Phi) is 5.31. The minimum atomic E-state index is -4.06. The number of amidine groups is 1. The minimum absolute atomic E-state index is 0.0489. The molecule has 20 heavy (non-hydrogen) atoms. The zero-order valence-corrected chi connectivity index (χ0v) is 14.4. The maximum absolute atomic E-state index is 12.3. The van der Waals surface area contributed by atoms with Gasteiger partial charge < -0.3 is 10.9 Å². The van der Waals surface area contributed by atoms with E-state index in [0.29, 0.717) is 4.47 Å². The van der Waals surface area contributed by atoms with Gasteiger partial charge in [0.05, 0.1) is 15.6 Å². The van der Waals surface area contributed by atoms with E-state index in [1.165, 1.54) is 26.0 Å². The summed E-state index contributed by atoms with van der Waals surface area (Å²) in [5.74, 6) is -0.301. The molecule has 10 heteroatoms. The van der Waals surface area contributed by atoms with Crippen molar-refractivity contribution in [2.45, 2.75) is 24.3 Å². The second-order valence-corrected chi connectivity index (χ2v) is 7.76. The second-order valence-electron chi connectivity index (χ2n) is 4.41. The first-order chi connectivity index (χ1) is 9.01. The molecule has 0 amide bonds. The predicted molar refractivity (Wildman–Crippen MR) is 82.0 cm³/mol. The molecular weight excluding hydrogens is 393 g/mol. The highest BCUT2D eigenvalue weighted by Gasteiger charge is 2.32. The van der Waals surface area contributed by atoms with E-state index in [4.69, 9.17) is 34.1 Å². The van der Waals surface area contributed by atoms with Crippen LogP contribution >= 0.6 is 39.1 Å². The first kappa shape index (κ1) is 17.5. The van der Waals surface area contributed by atoms with Crippen LogP contribution in [-0.4, -0.2) is 25.0 Å². The van der Waals surface area contributed by atoms with Gasteiger partial charge in [-0.25, -0.2) is 8.42 Å². The minimum Gasteiger partial charge on any atom is -0.409 e. The van der Waals surface area contributed by atoms with Crippen LogP contribution in [0.2, 0.25) is 10.0 Å².